The number of carbonyl (C=O) groups excluding carboxylic acids is 1. The van der Waals surface area contributed by atoms with Crippen molar-refractivity contribution in [2.75, 3.05) is 20.2 Å². The Morgan fingerprint density at radius 2 is 2.18 bits per heavy atom. The van der Waals surface area contributed by atoms with E-state index in [4.69, 9.17) is 4.74 Å². The molecule has 22 heavy (non-hydrogen) atoms. The monoisotopic (exact) mass is 369 g/mol. The Morgan fingerprint density at radius 3 is 2.73 bits per heavy atom. The molecule has 1 amide bonds. The number of carbonyl (C=O) groups is 2. The number of ether oxygens (including phenoxy) is 1. The van der Waals surface area contributed by atoms with E-state index in [2.05, 4.69) is 15.9 Å². The molecule has 0 radical (unpaired) electrons. The van der Waals surface area contributed by atoms with Crippen molar-refractivity contribution in [1.29, 1.82) is 0 Å². The highest BCUT2D eigenvalue weighted by molar-refractivity contribution is 9.10. The zero-order chi connectivity index (χ0) is 16.3. The molecule has 6 heteroatoms. The largest absolute Gasteiger partial charge is 0.496 e. The molecule has 1 atom stereocenters. The summed E-state index contributed by atoms with van der Waals surface area (Å²) in [6.07, 6.45) is 1.53. The Hall–Kier alpha value is -1.56. The van der Waals surface area contributed by atoms with Gasteiger partial charge < -0.3 is 14.7 Å². The fourth-order valence-electron chi connectivity index (χ4n) is 2.62. The molecule has 120 valence electrons. The summed E-state index contributed by atoms with van der Waals surface area (Å²) in [5.74, 6) is -0.0642. The molecule has 1 aromatic rings. The number of methoxy groups -OCH3 is 1. The molecule has 1 unspecified atom stereocenters. The minimum absolute atomic E-state index is 0.0110. The first-order valence-electron chi connectivity index (χ1n) is 7.19. The summed E-state index contributed by atoms with van der Waals surface area (Å²) in [7, 11) is 1.61. The van der Waals surface area contributed by atoms with Crippen LogP contribution in [-0.4, -0.2) is 42.1 Å². The summed E-state index contributed by atoms with van der Waals surface area (Å²) < 4.78 is 6.04. The molecule has 0 aliphatic carbocycles. The fourth-order valence-corrected chi connectivity index (χ4v) is 3.21. The van der Waals surface area contributed by atoms with Gasteiger partial charge in [0.25, 0.3) is 0 Å². The normalized spacial score (nSPS) is 21.0. The fraction of sp³-hybridized carbons (Fsp3) is 0.500. The highest BCUT2D eigenvalue weighted by Gasteiger charge is 2.41. The zero-order valence-corrected chi connectivity index (χ0v) is 14.4. The second kappa shape index (κ2) is 6.69. The van der Waals surface area contributed by atoms with Gasteiger partial charge in [-0.25, -0.2) is 0 Å². The van der Waals surface area contributed by atoms with Gasteiger partial charge in [-0.15, -0.1) is 0 Å². The number of aliphatic carboxylic acids is 1. The first-order valence-corrected chi connectivity index (χ1v) is 7.98. The Morgan fingerprint density at radius 1 is 1.45 bits per heavy atom. The van der Waals surface area contributed by atoms with E-state index in [0.29, 0.717) is 32.4 Å². The smallest absolute Gasteiger partial charge is 0.311 e. The van der Waals surface area contributed by atoms with Crippen LogP contribution in [0.15, 0.2) is 22.7 Å². The predicted molar refractivity (Wildman–Crippen MR) is 86.0 cm³/mol. The molecule has 0 spiro atoms. The number of carboxylic acids is 1. The molecule has 5 nitrogen and oxygen atoms in total. The third-order valence-electron chi connectivity index (χ3n) is 4.19. The van der Waals surface area contributed by atoms with Crippen molar-refractivity contribution in [2.45, 2.75) is 26.2 Å². The number of amides is 1. The quantitative estimate of drug-likeness (QED) is 0.866. The van der Waals surface area contributed by atoms with E-state index < -0.39 is 11.4 Å². The molecule has 1 N–H and O–H groups in total. The SMILES string of the molecule is COc1ccc(CCC(=O)N2CCC(C)(C(=O)O)C2)cc1Br. The van der Waals surface area contributed by atoms with Crippen LogP contribution in [0.25, 0.3) is 0 Å². The van der Waals surface area contributed by atoms with Crippen molar-refractivity contribution < 1.29 is 19.4 Å². The van der Waals surface area contributed by atoms with Crippen LogP contribution in [0.4, 0.5) is 0 Å². The maximum Gasteiger partial charge on any atom is 0.311 e. The molecule has 1 aliphatic heterocycles. The van der Waals surface area contributed by atoms with Crippen molar-refractivity contribution in [1.82, 2.24) is 4.90 Å². The summed E-state index contributed by atoms with van der Waals surface area (Å²) in [6, 6.07) is 5.74. The summed E-state index contributed by atoms with van der Waals surface area (Å²) in [5.41, 5.74) is 0.236. The van der Waals surface area contributed by atoms with Crippen molar-refractivity contribution in [2.24, 2.45) is 5.41 Å². The number of nitrogens with zero attached hydrogens (tertiary/aromatic N) is 1. The van der Waals surface area contributed by atoms with Crippen LogP contribution in [0, 0.1) is 5.41 Å². The lowest BCUT2D eigenvalue weighted by Crippen LogP contribution is -2.34. The van der Waals surface area contributed by atoms with Gasteiger partial charge in [0, 0.05) is 19.5 Å². The van der Waals surface area contributed by atoms with Crippen molar-refractivity contribution in [3.8, 4) is 5.75 Å². The minimum atomic E-state index is -0.832. The molecule has 1 aliphatic rings. The number of aryl methyl sites for hydroxylation is 1. The maximum absolute atomic E-state index is 12.2. The Kier molecular flexibility index (Phi) is 5.11. The maximum atomic E-state index is 12.2. The van der Waals surface area contributed by atoms with Crippen LogP contribution in [0.2, 0.25) is 0 Å². The van der Waals surface area contributed by atoms with Crippen LogP contribution in [0.1, 0.15) is 25.3 Å². The van der Waals surface area contributed by atoms with Gasteiger partial charge in [-0.3, -0.25) is 9.59 Å². The van der Waals surface area contributed by atoms with E-state index in [1.165, 1.54) is 0 Å². The molecule has 0 bridgehead atoms. The van der Waals surface area contributed by atoms with E-state index in [9.17, 15) is 14.7 Å². The third-order valence-corrected chi connectivity index (χ3v) is 4.81. The molecule has 2 rings (SSSR count). The minimum Gasteiger partial charge on any atom is -0.496 e. The van der Waals surface area contributed by atoms with E-state index in [-0.39, 0.29) is 5.91 Å². The van der Waals surface area contributed by atoms with Gasteiger partial charge in [0.1, 0.15) is 5.75 Å². The van der Waals surface area contributed by atoms with Gasteiger partial charge in [-0.05, 0) is 53.4 Å². The van der Waals surface area contributed by atoms with Crippen molar-refractivity contribution >= 4 is 27.8 Å². The summed E-state index contributed by atoms with van der Waals surface area (Å²) in [5, 5.41) is 9.20. The Bertz CT molecular complexity index is 590. The lowest BCUT2D eigenvalue weighted by atomic mass is 9.90. The number of benzene rings is 1. The lowest BCUT2D eigenvalue weighted by molar-refractivity contribution is -0.147. The first kappa shape index (κ1) is 16.8. The summed E-state index contributed by atoms with van der Waals surface area (Å²) >= 11 is 3.43. The highest BCUT2D eigenvalue weighted by Crippen LogP contribution is 2.31. The van der Waals surface area contributed by atoms with Gasteiger partial charge in [0.2, 0.25) is 5.91 Å². The van der Waals surface area contributed by atoms with Gasteiger partial charge in [-0.2, -0.15) is 0 Å². The molecule has 1 fully saturated rings. The van der Waals surface area contributed by atoms with Crippen LogP contribution in [-0.2, 0) is 16.0 Å². The molecular weight excluding hydrogens is 350 g/mol. The average molecular weight is 370 g/mol. The van der Waals surface area contributed by atoms with Gasteiger partial charge in [0.15, 0.2) is 0 Å². The second-order valence-electron chi connectivity index (χ2n) is 5.90. The van der Waals surface area contributed by atoms with Gasteiger partial charge in [0.05, 0.1) is 17.0 Å². The molecule has 0 aromatic heterocycles. The summed E-state index contributed by atoms with van der Waals surface area (Å²) in [4.78, 5) is 25.1. The number of hydrogen-bond donors (Lipinski definition) is 1. The van der Waals surface area contributed by atoms with E-state index in [1.54, 1.807) is 18.9 Å². The molecule has 1 saturated heterocycles. The molecule has 1 aromatic carbocycles. The van der Waals surface area contributed by atoms with Crippen LogP contribution in [0.5, 0.6) is 5.75 Å². The van der Waals surface area contributed by atoms with E-state index in [1.807, 2.05) is 18.2 Å². The first-order chi connectivity index (χ1) is 10.4. The Labute approximate surface area is 138 Å². The van der Waals surface area contributed by atoms with E-state index >= 15 is 0 Å². The number of hydrogen-bond acceptors (Lipinski definition) is 3. The van der Waals surface area contributed by atoms with Crippen molar-refractivity contribution in [3.63, 3.8) is 0 Å². The average Bonchev–Trinajstić information content (AvgIpc) is 2.89. The van der Waals surface area contributed by atoms with Crippen LogP contribution < -0.4 is 4.74 Å². The number of carboxylic acid groups (broad SMARTS) is 1. The predicted octanol–water partition coefficient (Wildman–Crippen LogP) is 2.71. The lowest BCUT2D eigenvalue weighted by Gasteiger charge is -2.20. The van der Waals surface area contributed by atoms with E-state index in [0.717, 1.165) is 15.8 Å². The number of halogens is 1. The second-order valence-corrected chi connectivity index (χ2v) is 6.75. The topological polar surface area (TPSA) is 66.8 Å². The third kappa shape index (κ3) is 3.61. The van der Waals surface area contributed by atoms with Crippen LogP contribution in [0.3, 0.4) is 0 Å². The summed E-state index contributed by atoms with van der Waals surface area (Å²) in [6.45, 7) is 2.52. The van der Waals surface area contributed by atoms with Gasteiger partial charge >= 0.3 is 5.97 Å². The molecule has 0 saturated carbocycles. The standard InChI is InChI=1S/C16H20BrNO4/c1-16(15(20)21)7-8-18(10-16)14(19)6-4-11-3-5-13(22-2)12(17)9-11/h3,5,9H,4,6-8,10H2,1-2H3,(H,20,21). The molecular formula is C16H20BrNO4. The number of likely N-dealkylation sites (tertiary alicyclic amines) is 1. The highest BCUT2D eigenvalue weighted by atomic mass is 79.9. The zero-order valence-electron chi connectivity index (χ0n) is 12.8. The van der Waals surface area contributed by atoms with Crippen LogP contribution >= 0.6 is 15.9 Å². The Balaban J connectivity index is 1.91. The number of rotatable bonds is 5. The van der Waals surface area contributed by atoms with Gasteiger partial charge in [-0.1, -0.05) is 6.07 Å². The van der Waals surface area contributed by atoms with Crippen molar-refractivity contribution in [3.05, 3.63) is 28.2 Å². The molecule has 1 heterocycles.